The number of aromatic nitrogens is 1. The van der Waals surface area contributed by atoms with Crippen molar-refractivity contribution in [1.29, 1.82) is 0 Å². The van der Waals surface area contributed by atoms with Crippen LogP contribution in [0.3, 0.4) is 0 Å². The molecule has 0 saturated heterocycles. The number of hydrogen-bond donors (Lipinski definition) is 1. The molecule has 0 spiro atoms. The van der Waals surface area contributed by atoms with Crippen LogP contribution in [-0.4, -0.2) is 26.9 Å². The van der Waals surface area contributed by atoms with Gasteiger partial charge in [0.15, 0.2) is 0 Å². The number of nitrogens with zero attached hydrogens (tertiary/aromatic N) is 2. The Morgan fingerprint density at radius 2 is 2.05 bits per heavy atom. The number of benzene rings is 1. The first-order chi connectivity index (χ1) is 9.56. The van der Waals surface area contributed by atoms with Crippen LogP contribution in [-0.2, 0) is 13.1 Å². The first-order valence-electron chi connectivity index (χ1n) is 6.10. The Morgan fingerprint density at radius 3 is 2.70 bits per heavy atom. The molecular weight excluding hydrogens is 276 g/mol. The maximum absolute atomic E-state index is 12.4. The molecule has 0 aliphatic carbocycles. The fourth-order valence-electron chi connectivity index (χ4n) is 2.32. The van der Waals surface area contributed by atoms with E-state index in [4.69, 9.17) is 5.11 Å². The molecule has 1 aliphatic rings. The zero-order chi connectivity index (χ0) is 14.3. The first-order valence-corrected chi connectivity index (χ1v) is 6.98. The number of aryl methyl sites for hydroxylation is 1. The number of aromatic carboxylic acids is 1. The van der Waals surface area contributed by atoms with Crippen LogP contribution in [0.1, 0.15) is 36.9 Å². The number of amides is 1. The highest BCUT2D eigenvalue weighted by atomic mass is 32.1. The van der Waals surface area contributed by atoms with Crippen LogP contribution in [0.15, 0.2) is 23.7 Å². The number of carbonyl (C=O) groups excluding carboxylic acids is 1. The Labute approximate surface area is 119 Å². The Morgan fingerprint density at radius 1 is 1.30 bits per heavy atom. The lowest BCUT2D eigenvalue weighted by Gasteiger charge is -2.14. The van der Waals surface area contributed by atoms with Gasteiger partial charge in [0.25, 0.3) is 5.91 Å². The van der Waals surface area contributed by atoms with Crippen molar-refractivity contribution < 1.29 is 14.7 Å². The van der Waals surface area contributed by atoms with Crippen LogP contribution >= 0.6 is 11.3 Å². The molecule has 1 aromatic heterocycles. The van der Waals surface area contributed by atoms with E-state index in [1.165, 1.54) is 11.3 Å². The van der Waals surface area contributed by atoms with E-state index in [0.717, 1.165) is 16.8 Å². The van der Waals surface area contributed by atoms with Crippen molar-refractivity contribution in [3.8, 4) is 0 Å². The predicted molar refractivity (Wildman–Crippen MR) is 73.8 cm³/mol. The van der Waals surface area contributed by atoms with Gasteiger partial charge >= 0.3 is 5.97 Å². The normalized spacial score (nSPS) is 13.3. The van der Waals surface area contributed by atoms with Gasteiger partial charge in [-0.1, -0.05) is 6.07 Å². The Balaban J connectivity index is 1.85. The summed E-state index contributed by atoms with van der Waals surface area (Å²) in [7, 11) is 0. The van der Waals surface area contributed by atoms with Crippen LogP contribution in [0.2, 0.25) is 0 Å². The fraction of sp³-hybridized carbons (Fsp3) is 0.214. The molecule has 0 radical (unpaired) electrons. The molecule has 1 aliphatic heterocycles. The minimum atomic E-state index is -0.948. The summed E-state index contributed by atoms with van der Waals surface area (Å²) >= 11 is 1.33. The standard InChI is InChI=1S/C14H12N2O3S/c1-8-12(20-7-15-8)13(17)16-5-10-3-2-9(14(18)19)4-11(10)6-16/h2-4,7H,5-6H2,1H3,(H,18,19). The predicted octanol–water partition coefficient (Wildman–Crippen LogP) is 2.31. The monoisotopic (exact) mass is 288 g/mol. The van der Waals surface area contributed by atoms with E-state index in [1.54, 1.807) is 28.6 Å². The fourth-order valence-corrected chi connectivity index (χ4v) is 3.09. The largest absolute Gasteiger partial charge is 0.478 e. The molecule has 1 N–H and O–H groups in total. The molecule has 0 atom stereocenters. The number of fused-ring (bicyclic) bond motifs is 1. The molecule has 5 nitrogen and oxygen atoms in total. The van der Waals surface area contributed by atoms with Gasteiger partial charge in [-0.05, 0) is 30.2 Å². The van der Waals surface area contributed by atoms with Gasteiger partial charge in [0.2, 0.25) is 0 Å². The molecule has 3 rings (SSSR count). The average Bonchev–Trinajstić information content (AvgIpc) is 3.02. The van der Waals surface area contributed by atoms with Gasteiger partial charge in [-0.3, -0.25) is 4.79 Å². The van der Waals surface area contributed by atoms with Gasteiger partial charge in [0.1, 0.15) is 4.88 Å². The molecule has 1 aromatic carbocycles. The summed E-state index contributed by atoms with van der Waals surface area (Å²) in [4.78, 5) is 29.8. The molecule has 2 aromatic rings. The summed E-state index contributed by atoms with van der Waals surface area (Å²) in [6.45, 7) is 2.79. The molecule has 1 amide bonds. The number of carboxylic acids is 1. The van der Waals surface area contributed by atoms with E-state index in [1.807, 2.05) is 6.92 Å². The van der Waals surface area contributed by atoms with E-state index in [0.29, 0.717) is 18.0 Å². The van der Waals surface area contributed by atoms with Crippen molar-refractivity contribution in [3.63, 3.8) is 0 Å². The third kappa shape index (κ3) is 2.08. The van der Waals surface area contributed by atoms with Gasteiger partial charge in [-0.25, -0.2) is 9.78 Å². The highest BCUT2D eigenvalue weighted by Gasteiger charge is 2.26. The summed E-state index contributed by atoms with van der Waals surface area (Å²) in [5, 5.41) is 8.99. The smallest absolute Gasteiger partial charge is 0.335 e. The molecule has 102 valence electrons. The first kappa shape index (κ1) is 12.8. The summed E-state index contributed by atoms with van der Waals surface area (Å²) in [6.07, 6.45) is 0. The van der Waals surface area contributed by atoms with Crippen molar-refractivity contribution in [2.45, 2.75) is 20.0 Å². The number of carboxylic acid groups (broad SMARTS) is 1. The zero-order valence-corrected chi connectivity index (χ0v) is 11.6. The molecule has 0 bridgehead atoms. The Kier molecular flexibility index (Phi) is 3.02. The second-order valence-corrected chi connectivity index (χ2v) is 5.57. The second-order valence-electron chi connectivity index (χ2n) is 4.72. The van der Waals surface area contributed by atoms with Crippen LogP contribution in [0.4, 0.5) is 0 Å². The summed E-state index contributed by atoms with van der Waals surface area (Å²) in [6, 6.07) is 5.00. The van der Waals surface area contributed by atoms with Crippen molar-refractivity contribution in [1.82, 2.24) is 9.88 Å². The molecule has 0 unspecified atom stereocenters. The minimum absolute atomic E-state index is 0.0434. The van der Waals surface area contributed by atoms with Crippen LogP contribution < -0.4 is 0 Å². The van der Waals surface area contributed by atoms with E-state index >= 15 is 0 Å². The van der Waals surface area contributed by atoms with Crippen molar-refractivity contribution in [2.75, 3.05) is 0 Å². The Bertz CT molecular complexity index is 708. The van der Waals surface area contributed by atoms with Crippen LogP contribution in [0.25, 0.3) is 0 Å². The quantitative estimate of drug-likeness (QED) is 0.920. The molecule has 20 heavy (non-hydrogen) atoms. The Hall–Kier alpha value is -2.21. The highest BCUT2D eigenvalue weighted by molar-refractivity contribution is 7.11. The van der Waals surface area contributed by atoms with Gasteiger partial charge in [-0.15, -0.1) is 11.3 Å². The SMILES string of the molecule is Cc1ncsc1C(=O)N1Cc2ccc(C(=O)O)cc2C1. The number of thiazole rings is 1. The van der Waals surface area contributed by atoms with Crippen LogP contribution in [0, 0.1) is 6.92 Å². The van der Waals surface area contributed by atoms with Gasteiger partial charge in [-0.2, -0.15) is 0 Å². The summed E-state index contributed by atoms with van der Waals surface area (Å²) in [5.74, 6) is -0.992. The average molecular weight is 288 g/mol. The summed E-state index contributed by atoms with van der Waals surface area (Å²) < 4.78 is 0. The molecule has 6 heteroatoms. The van der Waals surface area contributed by atoms with E-state index in [9.17, 15) is 9.59 Å². The maximum Gasteiger partial charge on any atom is 0.335 e. The second kappa shape index (κ2) is 4.72. The lowest BCUT2D eigenvalue weighted by atomic mass is 10.1. The van der Waals surface area contributed by atoms with Gasteiger partial charge in [0, 0.05) is 13.1 Å². The number of hydrogen-bond acceptors (Lipinski definition) is 4. The van der Waals surface area contributed by atoms with Crippen molar-refractivity contribution in [2.24, 2.45) is 0 Å². The lowest BCUT2D eigenvalue weighted by molar-refractivity contribution is 0.0696. The van der Waals surface area contributed by atoms with Gasteiger partial charge < -0.3 is 10.0 Å². The lowest BCUT2D eigenvalue weighted by Crippen LogP contribution is -2.25. The molecule has 0 fully saturated rings. The molecular formula is C14H12N2O3S. The van der Waals surface area contributed by atoms with E-state index in [-0.39, 0.29) is 11.5 Å². The zero-order valence-electron chi connectivity index (χ0n) is 10.8. The topological polar surface area (TPSA) is 70.5 Å². The number of carbonyl (C=O) groups is 2. The summed E-state index contributed by atoms with van der Waals surface area (Å²) in [5.41, 5.74) is 4.56. The van der Waals surface area contributed by atoms with E-state index in [2.05, 4.69) is 4.98 Å². The highest BCUT2D eigenvalue weighted by Crippen LogP contribution is 2.27. The van der Waals surface area contributed by atoms with E-state index < -0.39 is 5.97 Å². The van der Waals surface area contributed by atoms with Gasteiger partial charge in [0.05, 0.1) is 16.8 Å². The van der Waals surface area contributed by atoms with Crippen molar-refractivity contribution in [3.05, 3.63) is 51.0 Å². The number of rotatable bonds is 2. The molecule has 2 heterocycles. The van der Waals surface area contributed by atoms with Crippen LogP contribution in [0.5, 0.6) is 0 Å². The van der Waals surface area contributed by atoms with Crippen molar-refractivity contribution >= 4 is 23.2 Å². The minimum Gasteiger partial charge on any atom is -0.478 e. The maximum atomic E-state index is 12.4. The third-order valence-electron chi connectivity index (χ3n) is 3.40. The molecule has 0 saturated carbocycles. The third-order valence-corrected chi connectivity index (χ3v) is 4.32.